The monoisotopic (exact) mass is 480 g/mol. The predicted octanol–water partition coefficient (Wildman–Crippen LogP) is 2.96. The number of nitrogens with zero attached hydrogens (tertiary/aromatic N) is 3. The number of carbonyl (C=O) groups is 3. The van der Waals surface area contributed by atoms with Crippen molar-refractivity contribution in [3.05, 3.63) is 52.2 Å². The van der Waals surface area contributed by atoms with E-state index in [-0.39, 0.29) is 29.7 Å². The van der Waals surface area contributed by atoms with E-state index < -0.39 is 0 Å². The second kappa shape index (κ2) is 9.88. The molecule has 2 aromatic rings. The van der Waals surface area contributed by atoms with Crippen molar-refractivity contribution in [2.24, 2.45) is 5.92 Å². The first-order valence-corrected chi connectivity index (χ1v) is 13.1. The predicted molar refractivity (Wildman–Crippen MR) is 133 cm³/mol. The smallest absolute Gasteiger partial charge is 0.234 e. The summed E-state index contributed by atoms with van der Waals surface area (Å²) in [5.41, 5.74) is 1.98. The molecule has 3 aliphatic rings. The summed E-state index contributed by atoms with van der Waals surface area (Å²) >= 11 is 1.60. The number of piperazine rings is 1. The molecule has 7 nitrogen and oxygen atoms in total. The van der Waals surface area contributed by atoms with Gasteiger partial charge >= 0.3 is 0 Å². The van der Waals surface area contributed by atoms with Crippen LogP contribution in [0.15, 0.2) is 41.8 Å². The van der Waals surface area contributed by atoms with E-state index in [1.54, 1.807) is 11.3 Å². The van der Waals surface area contributed by atoms with Gasteiger partial charge in [-0.15, -0.1) is 11.3 Å². The SMILES string of the molecule is Cc1ccc(N2C(=O)CCC(C(=O)N3CCN(CC(=O)NC4CC4)CC3)C2c2cccs2)cc1. The van der Waals surface area contributed by atoms with Gasteiger partial charge in [-0.05, 0) is 49.8 Å². The Morgan fingerprint density at radius 3 is 2.41 bits per heavy atom. The molecule has 2 unspecified atom stereocenters. The number of thiophene rings is 1. The summed E-state index contributed by atoms with van der Waals surface area (Å²) in [4.78, 5) is 46.0. The molecule has 3 heterocycles. The van der Waals surface area contributed by atoms with Gasteiger partial charge < -0.3 is 15.1 Å². The number of rotatable bonds is 6. The summed E-state index contributed by atoms with van der Waals surface area (Å²) in [5, 5.41) is 5.05. The lowest BCUT2D eigenvalue weighted by molar-refractivity contribution is -0.140. The molecular weight excluding hydrogens is 448 g/mol. The van der Waals surface area contributed by atoms with Crippen molar-refractivity contribution in [1.82, 2.24) is 15.1 Å². The quantitative estimate of drug-likeness (QED) is 0.690. The molecule has 1 aromatic carbocycles. The van der Waals surface area contributed by atoms with Gasteiger partial charge in [0.05, 0.1) is 18.5 Å². The van der Waals surface area contributed by atoms with E-state index in [1.807, 2.05) is 58.5 Å². The van der Waals surface area contributed by atoms with Crippen molar-refractivity contribution >= 4 is 34.7 Å². The Kier molecular flexibility index (Phi) is 6.70. The van der Waals surface area contributed by atoms with E-state index in [0.717, 1.165) is 29.0 Å². The van der Waals surface area contributed by atoms with Crippen LogP contribution in [-0.2, 0) is 14.4 Å². The van der Waals surface area contributed by atoms with Crippen LogP contribution < -0.4 is 10.2 Å². The van der Waals surface area contributed by atoms with Gasteiger partial charge in [0, 0.05) is 49.2 Å². The second-order valence-electron chi connectivity index (χ2n) is 9.65. The molecule has 1 aliphatic carbocycles. The normalized spacial score (nSPS) is 23.7. The number of hydrogen-bond acceptors (Lipinski definition) is 5. The van der Waals surface area contributed by atoms with Crippen LogP contribution in [0.25, 0.3) is 0 Å². The van der Waals surface area contributed by atoms with Gasteiger partial charge in [0.2, 0.25) is 17.7 Å². The highest BCUT2D eigenvalue weighted by Crippen LogP contribution is 2.42. The van der Waals surface area contributed by atoms with E-state index in [0.29, 0.717) is 51.6 Å². The van der Waals surface area contributed by atoms with Gasteiger partial charge in [-0.2, -0.15) is 0 Å². The first-order chi connectivity index (χ1) is 16.5. The summed E-state index contributed by atoms with van der Waals surface area (Å²) in [6.45, 7) is 5.04. The van der Waals surface area contributed by atoms with Crippen molar-refractivity contribution in [3.8, 4) is 0 Å². The van der Waals surface area contributed by atoms with Crippen molar-refractivity contribution in [3.63, 3.8) is 0 Å². The molecular formula is C26H32N4O3S. The number of hydrogen-bond donors (Lipinski definition) is 1. The molecule has 180 valence electrons. The van der Waals surface area contributed by atoms with Gasteiger partial charge in [-0.1, -0.05) is 23.8 Å². The average molecular weight is 481 g/mol. The summed E-state index contributed by atoms with van der Waals surface area (Å²) in [6.07, 6.45) is 3.10. The number of anilines is 1. The first-order valence-electron chi connectivity index (χ1n) is 12.2. The van der Waals surface area contributed by atoms with E-state index >= 15 is 0 Å². The Balaban J connectivity index is 1.30. The molecule has 2 saturated heterocycles. The molecule has 1 saturated carbocycles. The van der Waals surface area contributed by atoms with E-state index in [2.05, 4.69) is 10.2 Å². The maximum Gasteiger partial charge on any atom is 0.234 e. The molecule has 0 bridgehead atoms. The lowest BCUT2D eigenvalue weighted by Crippen LogP contribution is -2.55. The number of benzene rings is 1. The van der Waals surface area contributed by atoms with Crippen LogP contribution in [0, 0.1) is 12.8 Å². The lowest BCUT2D eigenvalue weighted by Gasteiger charge is -2.43. The Morgan fingerprint density at radius 2 is 1.76 bits per heavy atom. The highest BCUT2D eigenvalue weighted by molar-refractivity contribution is 7.10. The fourth-order valence-electron chi connectivity index (χ4n) is 5.01. The standard InChI is InChI=1S/C26H32N4O3S/c1-18-4-8-20(9-5-18)30-24(32)11-10-21(25(30)22-3-2-16-34-22)26(33)29-14-12-28(13-15-29)17-23(31)27-19-6-7-19/h2-5,8-9,16,19,21,25H,6-7,10-15,17H2,1H3,(H,27,31). The Morgan fingerprint density at radius 1 is 1.03 bits per heavy atom. The van der Waals surface area contributed by atoms with Crippen LogP contribution in [0.2, 0.25) is 0 Å². The lowest BCUT2D eigenvalue weighted by atomic mass is 9.85. The topological polar surface area (TPSA) is 73.0 Å². The molecule has 34 heavy (non-hydrogen) atoms. The first kappa shape index (κ1) is 23.1. The number of amides is 3. The minimum absolute atomic E-state index is 0.0674. The van der Waals surface area contributed by atoms with Crippen molar-refractivity contribution in [2.75, 3.05) is 37.6 Å². The number of nitrogens with one attached hydrogen (secondary N) is 1. The summed E-state index contributed by atoms with van der Waals surface area (Å²) in [6, 6.07) is 12.1. The highest BCUT2D eigenvalue weighted by Gasteiger charge is 2.43. The van der Waals surface area contributed by atoms with Gasteiger partial charge in [0.25, 0.3) is 0 Å². The maximum atomic E-state index is 13.8. The van der Waals surface area contributed by atoms with Gasteiger partial charge in [-0.3, -0.25) is 19.3 Å². The Bertz CT molecular complexity index is 1030. The number of piperidine rings is 1. The fourth-order valence-corrected chi connectivity index (χ4v) is 5.89. The molecule has 2 aliphatic heterocycles. The third-order valence-corrected chi connectivity index (χ3v) is 8.00. The molecule has 2 atom stereocenters. The van der Waals surface area contributed by atoms with Crippen LogP contribution in [0.4, 0.5) is 5.69 Å². The molecule has 5 rings (SSSR count). The van der Waals surface area contributed by atoms with E-state index in [9.17, 15) is 14.4 Å². The molecule has 3 fully saturated rings. The van der Waals surface area contributed by atoms with Gasteiger partial charge in [0.15, 0.2) is 0 Å². The minimum atomic E-state index is -0.293. The zero-order chi connectivity index (χ0) is 23.7. The number of carbonyl (C=O) groups excluding carboxylic acids is 3. The maximum absolute atomic E-state index is 13.8. The van der Waals surface area contributed by atoms with E-state index in [4.69, 9.17) is 0 Å². The summed E-state index contributed by atoms with van der Waals surface area (Å²) in [7, 11) is 0. The van der Waals surface area contributed by atoms with Crippen LogP contribution in [0.3, 0.4) is 0 Å². The third kappa shape index (κ3) is 5.03. The highest BCUT2D eigenvalue weighted by atomic mass is 32.1. The van der Waals surface area contributed by atoms with Crippen molar-refractivity contribution < 1.29 is 14.4 Å². The molecule has 0 spiro atoms. The largest absolute Gasteiger partial charge is 0.352 e. The van der Waals surface area contributed by atoms with Crippen LogP contribution >= 0.6 is 11.3 Å². The Labute approximate surface area is 204 Å². The van der Waals surface area contributed by atoms with Crippen LogP contribution in [0.5, 0.6) is 0 Å². The summed E-state index contributed by atoms with van der Waals surface area (Å²) in [5.74, 6) is -0.00942. The average Bonchev–Trinajstić information content (AvgIpc) is 3.47. The van der Waals surface area contributed by atoms with Crippen LogP contribution in [0.1, 0.15) is 42.2 Å². The minimum Gasteiger partial charge on any atom is -0.352 e. The molecule has 8 heteroatoms. The molecule has 3 amide bonds. The Hall–Kier alpha value is -2.71. The van der Waals surface area contributed by atoms with Crippen LogP contribution in [-0.4, -0.2) is 66.3 Å². The van der Waals surface area contributed by atoms with Crippen molar-refractivity contribution in [1.29, 1.82) is 0 Å². The van der Waals surface area contributed by atoms with Gasteiger partial charge in [-0.25, -0.2) is 0 Å². The molecule has 0 radical (unpaired) electrons. The number of aryl methyl sites for hydroxylation is 1. The fraction of sp³-hybridized carbons (Fsp3) is 0.500. The molecule has 1 aromatic heterocycles. The van der Waals surface area contributed by atoms with E-state index in [1.165, 1.54) is 0 Å². The van der Waals surface area contributed by atoms with Crippen molar-refractivity contribution in [2.45, 2.75) is 44.7 Å². The summed E-state index contributed by atoms with van der Waals surface area (Å²) < 4.78 is 0. The second-order valence-corrected chi connectivity index (χ2v) is 10.6. The zero-order valence-corrected chi connectivity index (χ0v) is 20.4. The van der Waals surface area contributed by atoms with Gasteiger partial charge in [0.1, 0.15) is 0 Å². The molecule has 1 N–H and O–H groups in total. The third-order valence-electron chi connectivity index (χ3n) is 7.05. The zero-order valence-electron chi connectivity index (χ0n) is 19.6.